The fraction of sp³-hybridized carbons (Fsp3) is 0.545. The van der Waals surface area contributed by atoms with E-state index in [1.165, 1.54) is 15.5 Å². The first-order chi connectivity index (χ1) is 13.1. The summed E-state index contributed by atoms with van der Waals surface area (Å²) in [5, 5.41) is 0. The van der Waals surface area contributed by atoms with Crippen molar-refractivity contribution in [1.29, 1.82) is 0 Å². The van der Waals surface area contributed by atoms with E-state index in [0.717, 1.165) is 62.4 Å². The highest BCUT2D eigenvalue weighted by molar-refractivity contribution is 6.21. The Kier molecular flexibility index (Phi) is 5.15. The van der Waals surface area contributed by atoms with Crippen LogP contribution in [0.5, 0.6) is 0 Å². The number of benzene rings is 1. The maximum atomic E-state index is 13.3. The van der Waals surface area contributed by atoms with Crippen molar-refractivity contribution in [3.05, 3.63) is 41.1 Å². The van der Waals surface area contributed by atoms with E-state index in [-0.39, 0.29) is 23.7 Å². The van der Waals surface area contributed by atoms with Gasteiger partial charge in [0.05, 0.1) is 24.8 Å². The summed E-state index contributed by atoms with van der Waals surface area (Å²) in [7, 11) is 0. The van der Waals surface area contributed by atoms with Gasteiger partial charge in [-0.05, 0) is 50.8 Å². The summed E-state index contributed by atoms with van der Waals surface area (Å²) in [6.45, 7) is 7.45. The Morgan fingerprint density at radius 2 is 1.89 bits per heavy atom. The number of carbonyl (C=O) groups excluding carboxylic acids is 2. The maximum absolute atomic E-state index is 13.3. The van der Waals surface area contributed by atoms with E-state index >= 15 is 0 Å². The smallest absolute Gasteiger partial charge is 0.238 e. The van der Waals surface area contributed by atoms with Gasteiger partial charge in [-0.2, -0.15) is 0 Å². The monoisotopic (exact) mass is 369 g/mol. The standard InChI is InChI=1S/C22H28N2O3/c1-15-7-8-19(16(2)13-15)24-21(25)14-18(22(24)26)17-5-3-4-6-20(17)23-9-11-27-12-10-23/h6-8,13,17-18H,3-5,9-12,14H2,1-2H3/p+1/t17-,18-/m0/s1. The highest BCUT2D eigenvalue weighted by Crippen LogP contribution is 2.38. The fourth-order valence-corrected chi connectivity index (χ4v) is 4.91. The van der Waals surface area contributed by atoms with Crippen molar-refractivity contribution in [2.45, 2.75) is 39.5 Å². The lowest BCUT2D eigenvalue weighted by atomic mass is 9.80. The predicted molar refractivity (Wildman–Crippen MR) is 103 cm³/mol. The molecule has 144 valence electrons. The number of allylic oxidation sites excluding steroid dienone is 2. The summed E-state index contributed by atoms with van der Waals surface area (Å²) in [5.41, 5.74) is 4.22. The Morgan fingerprint density at radius 1 is 1.11 bits per heavy atom. The summed E-state index contributed by atoms with van der Waals surface area (Å²) >= 11 is 0. The number of quaternary nitrogens is 1. The lowest BCUT2D eigenvalue weighted by Gasteiger charge is -2.34. The van der Waals surface area contributed by atoms with Crippen LogP contribution in [0.4, 0.5) is 5.69 Å². The van der Waals surface area contributed by atoms with E-state index < -0.39 is 0 Å². The Morgan fingerprint density at radius 3 is 2.63 bits per heavy atom. The molecular weight excluding hydrogens is 340 g/mol. The van der Waals surface area contributed by atoms with Crippen molar-refractivity contribution in [3.8, 4) is 0 Å². The van der Waals surface area contributed by atoms with Crippen molar-refractivity contribution < 1.29 is 19.2 Å². The third-order valence-corrected chi connectivity index (χ3v) is 6.25. The Labute approximate surface area is 161 Å². The van der Waals surface area contributed by atoms with E-state index in [1.54, 1.807) is 0 Å². The molecule has 3 aliphatic rings. The van der Waals surface area contributed by atoms with Gasteiger partial charge in [0.2, 0.25) is 11.8 Å². The number of hydrogen-bond donors (Lipinski definition) is 1. The number of anilines is 1. The topological polar surface area (TPSA) is 51.1 Å². The van der Waals surface area contributed by atoms with Crippen LogP contribution in [0.25, 0.3) is 0 Å². The van der Waals surface area contributed by atoms with Gasteiger partial charge in [0.25, 0.3) is 0 Å². The molecule has 5 nitrogen and oxygen atoms in total. The van der Waals surface area contributed by atoms with E-state index in [1.807, 2.05) is 32.0 Å². The van der Waals surface area contributed by atoms with Gasteiger partial charge in [-0.25, -0.2) is 0 Å². The third-order valence-electron chi connectivity index (χ3n) is 6.25. The molecule has 4 rings (SSSR count). The number of amides is 2. The van der Waals surface area contributed by atoms with E-state index in [9.17, 15) is 9.59 Å². The van der Waals surface area contributed by atoms with Crippen molar-refractivity contribution >= 4 is 17.5 Å². The molecule has 2 amide bonds. The number of morpholine rings is 1. The molecule has 2 heterocycles. The van der Waals surface area contributed by atoms with Crippen LogP contribution in [0.2, 0.25) is 0 Å². The second-order valence-corrected chi connectivity index (χ2v) is 8.08. The SMILES string of the molecule is Cc1ccc(N2C(=O)C[C@@H]([C@@H]3CCCC=C3[NH+]3CCOCC3)C2=O)c(C)c1. The van der Waals surface area contributed by atoms with Gasteiger partial charge in [-0.15, -0.1) is 0 Å². The van der Waals surface area contributed by atoms with Crippen LogP contribution < -0.4 is 9.80 Å². The average Bonchev–Trinajstić information content (AvgIpc) is 2.97. The van der Waals surface area contributed by atoms with Crippen molar-refractivity contribution in [3.63, 3.8) is 0 Å². The maximum Gasteiger partial charge on any atom is 0.238 e. The highest BCUT2D eigenvalue weighted by Gasteiger charge is 2.47. The molecule has 1 aliphatic carbocycles. The van der Waals surface area contributed by atoms with Gasteiger partial charge in [-0.1, -0.05) is 17.7 Å². The van der Waals surface area contributed by atoms with Crippen LogP contribution in [0.15, 0.2) is 30.0 Å². The summed E-state index contributed by atoms with van der Waals surface area (Å²) in [6, 6.07) is 5.92. The number of ether oxygens (including phenoxy) is 1. The van der Waals surface area contributed by atoms with Crippen LogP contribution in [-0.2, 0) is 14.3 Å². The molecule has 0 bridgehead atoms. The zero-order valence-corrected chi connectivity index (χ0v) is 16.3. The fourth-order valence-electron chi connectivity index (χ4n) is 4.91. The first-order valence-electron chi connectivity index (χ1n) is 10.1. The Bertz CT molecular complexity index is 780. The van der Waals surface area contributed by atoms with Crippen LogP contribution in [0.1, 0.15) is 36.8 Å². The molecule has 0 unspecified atom stereocenters. The number of aryl methyl sites for hydroxylation is 2. The molecule has 0 saturated carbocycles. The zero-order valence-electron chi connectivity index (χ0n) is 16.3. The first kappa shape index (κ1) is 18.4. The van der Waals surface area contributed by atoms with Gasteiger partial charge in [0.15, 0.2) is 0 Å². The minimum absolute atomic E-state index is 0.0163. The molecule has 0 radical (unpaired) electrons. The van der Waals surface area contributed by atoms with E-state index in [4.69, 9.17) is 4.74 Å². The second-order valence-electron chi connectivity index (χ2n) is 8.08. The lowest BCUT2D eigenvalue weighted by Crippen LogP contribution is -3.13. The molecule has 27 heavy (non-hydrogen) atoms. The minimum atomic E-state index is -0.222. The van der Waals surface area contributed by atoms with E-state index in [0.29, 0.717) is 6.42 Å². The Hall–Kier alpha value is -1.98. The normalized spacial score (nSPS) is 27.2. The quantitative estimate of drug-likeness (QED) is 0.827. The zero-order chi connectivity index (χ0) is 19.0. The lowest BCUT2D eigenvalue weighted by molar-refractivity contribution is -0.874. The molecular formula is C22H29N2O3+. The first-order valence-corrected chi connectivity index (χ1v) is 10.1. The summed E-state index contributed by atoms with van der Waals surface area (Å²) in [6.07, 6.45) is 5.83. The van der Waals surface area contributed by atoms with Gasteiger partial charge in [0, 0.05) is 12.3 Å². The van der Waals surface area contributed by atoms with Gasteiger partial charge in [-0.3, -0.25) is 14.5 Å². The second kappa shape index (κ2) is 7.56. The van der Waals surface area contributed by atoms with Crippen molar-refractivity contribution in [1.82, 2.24) is 0 Å². The van der Waals surface area contributed by atoms with Crippen molar-refractivity contribution in [2.75, 3.05) is 31.2 Å². The molecule has 2 atom stereocenters. The molecule has 2 saturated heterocycles. The molecule has 0 aromatic heterocycles. The summed E-state index contributed by atoms with van der Waals surface area (Å²) in [4.78, 5) is 29.0. The highest BCUT2D eigenvalue weighted by atomic mass is 16.5. The number of hydrogen-bond acceptors (Lipinski definition) is 3. The van der Waals surface area contributed by atoms with Crippen LogP contribution in [-0.4, -0.2) is 38.1 Å². The number of imide groups is 1. The number of nitrogens with zero attached hydrogens (tertiary/aromatic N) is 1. The van der Waals surface area contributed by atoms with Gasteiger partial charge in [0.1, 0.15) is 18.8 Å². The number of nitrogens with one attached hydrogen (secondary N) is 1. The Balaban J connectivity index is 1.60. The molecule has 1 aromatic rings. The number of carbonyl (C=O) groups is 2. The molecule has 5 heteroatoms. The van der Waals surface area contributed by atoms with Crippen LogP contribution >= 0.6 is 0 Å². The summed E-state index contributed by atoms with van der Waals surface area (Å²) < 4.78 is 5.51. The number of rotatable bonds is 3. The van der Waals surface area contributed by atoms with Crippen LogP contribution in [0, 0.1) is 25.7 Å². The minimum Gasteiger partial charge on any atom is -0.370 e. The van der Waals surface area contributed by atoms with Crippen molar-refractivity contribution in [2.24, 2.45) is 11.8 Å². The van der Waals surface area contributed by atoms with Crippen LogP contribution in [0.3, 0.4) is 0 Å². The molecule has 2 fully saturated rings. The van der Waals surface area contributed by atoms with Gasteiger partial charge >= 0.3 is 0 Å². The molecule has 1 aromatic carbocycles. The van der Waals surface area contributed by atoms with Gasteiger partial charge < -0.3 is 9.64 Å². The predicted octanol–water partition coefficient (Wildman–Crippen LogP) is 1.78. The third kappa shape index (κ3) is 3.46. The molecule has 2 aliphatic heterocycles. The molecule has 1 N–H and O–H groups in total. The molecule has 0 spiro atoms. The summed E-state index contributed by atoms with van der Waals surface area (Å²) in [5.74, 6) is -0.115. The largest absolute Gasteiger partial charge is 0.370 e. The average molecular weight is 369 g/mol. The van der Waals surface area contributed by atoms with E-state index in [2.05, 4.69) is 6.08 Å².